The van der Waals surface area contributed by atoms with Gasteiger partial charge in [0.05, 0.1) is 29.1 Å². The summed E-state index contributed by atoms with van der Waals surface area (Å²) in [5, 5.41) is 14.4. The molecule has 5 rings (SSSR count). The molecule has 1 aliphatic rings. The molecule has 0 atom stereocenters. The SMILES string of the molecule is COc1nc(N[C@H]2CC[C@@](C)(O)CC2)nc2[nH]cc(-c3ccc4nccnc4c3)c12. The van der Waals surface area contributed by atoms with Crippen LogP contribution in [0.25, 0.3) is 33.2 Å². The summed E-state index contributed by atoms with van der Waals surface area (Å²) in [4.78, 5) is 21.3. The van der Waals surface area contributed by atoms with Crippen molar-refractivity contribution in [3.63, 3.8) is 0 Å². The molecular weight excluding hydrogens is 380 g/mol. The Balaban J connectivity index is 1.49. The first-order valence-electron chi connectivity index (χ1n) is 10.2. The molecule has 0 unspecified atom stereocenters. The number of rotatable bonds is 4. The quantitative estimate of drug-likeness (QED) is 0.476. The van der Waals surface area contributed by atoms with E-state index in [2.05, 4.69) is 30.2 Å². The van der Waals surface area contributed by atoms with E-state index in [1.54, 1.807) is 19.5 Å². The van der Waals surface area contributed by atoms with Crippen molar-refractivity contribution in [3.8, 4) is 17.0 Å². The number of aromatic amines is 1. The predicted molar refractivity (Wildman–Crippen MR) is 115 cm³/mol. The predicted octanol–water partition coefficient (Wildman–Crippen LogP) is 3.68. The van der Waals surface area contributed by atoms with E-state index in [-0.39, 0.29) is 6.04 Å². The molecule has 0 aliphatic heterocycles. The van der Waals surface area contributed by atoms with Gasteiger partial charge in [-0.3, -0.25) is 9.97 Å². The maximum Gasteiger partial charge on any atom is 0.228 e. The van der Waals surface area contributed by atoms with Crippen LogP contribution in [0.5, 0.6) is 5.88 Å². The summed E-state index contributed by atoms with van der Waals surface area (Å²) < 4.78 is 5.62. The fourth-order valence-electron chi connectivity index (χ4n) is 4.14. The number of aromatic nitrogens is 5. The van der Waals surface area contributed by atoms with Crippen LogP contribution >= 0.6 is 0 Å². The van der Waals surface area contributed by atoms with Crippen molar-refractivity contribution in [1.29, 1.82) is 0 Å². The number of H-pyrrole nitrogens is 1. The Morgan fingerprint density at radius 2 is 1.90 bits per heavy atom. The van der Waals surface area contributed by atoms with E-state index < -0.39 is 5.60 Å². The van der Waals surface area contributed by atoms with Gasteiger partial charge in [0.2, 0.25) is 11.8 Å². The highest BCUT2D eigenvalue weighted by Crippen LogP contribution is 2.36. The van der Waals surface area contributed by atoms with Crippen LogP contribution in [0.3, 0.4) is 0 Å². The maximum absolute atomic E-state index is 10.2. The molecule has 3 aromatic heterocycles. The number of anilines is 1. The second kappa shape index (κ2) is 7.21. The Morgan fingerprint density at radius 3 is 2.67 bits per heavy atom. The van der Waals surface area contributed by atoms with Crippen LogP contribution in [0, 0.1) is 0 Å². The van der Waals surface area contributed by atoms with Gasteiger partial charge in [-0.2, -0.15) is 9.97 Å². The highest BCUT2D eigenvalue weighted by atomic mass is 16.5. The molecule has 4 aromatic rings. The first-order chi connectivity index (χ1) is 14.5. The minimum atomic E-state index is -0.570. The Morgan fingerprint density at radius 1 is 1.13 bits per heavy atom. The van der Waals surface area contributed by atoms with Crippen LogP contribution in [0.15, 0.2) is 36.8 Å². The average molecular weight is 404 g/mol. The van der Waals surface area contributed by atoms with Gasteiger partial charge in [0.1, 0.15) is 5.65 Å². The lowest BCUT2D eigenvalue weighted by Gasteiger charge is -2.33. The molecule has 154 valence electrons. The van der Waals surface area contributed by atoms with Gasteiger partial charge in [0.15, 0.2) is 0 Å². The van der Waals surface area contributed by atoms with Crippen molar-refractivity contribution in [2.45, 2.75) is 44.2 Å². The molecule has 0 amide bonds. The van der Waals surface area contributed by atoms with E-state index in [1.807, 2.05) is 31.3 Å². The summed E-state index contributed by atoms with van der Waals surface area (Å²) >= 11 is 0. The molecule has 1 fully saturated rings. The number of benzene rings is 1. The summed E-state index contributed by atoms with van der Waals surface area (Å²) in [6.45, 7) is 1.90. The molecule has 3 heterocycles. The molecular formula is C22H24N6O2. The van der Waals surface area contributed by atoms with E-state index in [0.717, 1.165) is 53.2 Å². The highest BCUT2D eigenvalue weighted by molar-refractivity contribution is 5.99. The van der Waals surface area contributed by atoms with Gasteiger partial charge < -0.3 is 20.1 Å². The van der Waals surface area contributed by atoms with Gasteiger partial charge in [0.25, 0.3) is 0 Å². The third-order valence-corrected chi connectivity index (χ3v) is 5.87. The summed E-state index contributed by atoms with van der Waals surface area (Å²) in [7, 11) is 1.62. The van der Waals surface area contributed by atoms with Crippen LogP contribution in [0.2, 0.25) is 0 Å². The van der Waals surface area contributed by atoms with Crippen molar-refractivity contribution in [2.24, 2.45) is 0 Å². The monoisotopic (exact) mass is 404 g/mol. The van der Waals surface area contributed by atoms with Crippen LogP contribution in [-0.2, 0) is 0 Å². The molecule has 0 bridgehead atoms. The summed E-state index contributed by atoms with van der Waals surface area (Å²) in [6.07, 6.45) is 8.58. The average Bonchev–Trinajstić information content (AvgIpc) is 3.18. The zero-order valence-electron chi connectivity index (χ0n) is 17.0. The van der Waals surface area contributed by atoms with E-state index in [4.69, 9.17) is 4.74 Å². The lowest BCUT2D eigenvalue weighted by Crippen LogP contribution is -2.36. The second-order valence-electron chi connectivity index (χ2n) is 8.16. The Labute approximate surface area is 173 Å². The molecule has 1 aliphatic carbocycles. The standard InChI is InChI=1S/C22H24N6O2/c1-22(29)7-5-14(6-8-22)26-21-27-19-18(20(28-21)30-2)15(12-25-19)13-3-4-16-17(11-13)24-10-9-23-16/h3-4,9-12,14,29H,5-8H2,1-2H3,(H2,25,26,27,28)/t14-,22+. The van der Waals surface area contributed by atoms with Crippen LogP contribution in [0.1, 0.15) is 32.6 Å². The normalized spacial score (nSPS) is 21.8. The van der Waals surface area contributed by atoms with Gasteiger partial charge in [-0.1, -0.05) is 6.07 Å². The summed E-state index contributed by atoms with van der Waals surface area (Å²) in [5.41, 5.74) is 3.76. The number of hydrogen-bond donors (Lipinski definition) is 3. The molecule has 0 saturated heterocycles. The first-order valence-corrected chi connectivity index (χ1v) is 10.2. The molecule has 30 heavy (non-hydrogen) atoms. The summed E-state index contributed by atoms with van der Waals surface area (Å²) in [5.74, 6) is 1.05. The molecule has 8 heteroatoms. The second-order valence-corrected chi connectivity index (χ2v) is 8.16. The van der Waals surface area contributed by atoms with Crippen molar-refractivity contribution in [1.82, 2.24) is 24.9 Å². The Kier molecular flexibility index (Phi) is 4.51. The van der Waals surface area contributed by atoms with Crippen LogP contribution in [-0.4, -0.2) is 48.8 Å². The molecule has 1 aromatic carbocycles. The Hall–Kier alpha value is -3.26. The van der Waals surface area contributed by atoms with E-state index in [9.17, 15) is 5.11 Å². The number of ether oxygens (including phenoxy) is 1. The third-order valence-electron chi connectivity index (χ3n) is 5.87. The molecule has 0 radical (unpaired) electrons. The first kappa shape index (κ1) is 18.7. The smallest absolute Gasteiger partial charge is 0.228 e. The van der Waals surface area contributed by atoms with E-state index in [1.165, 1.54) is 0 Å². The molecule has 0 spiro atoms. The molecule has 3 N–H and O–H groups in total. The zero-order valence-corrected chi connectivity index (χ0v) is 17.0. The fraction of sp³-hybridized carbons (Fsp3) is 0.364. The Bertz CT molecular complexity index is 1210. The van der Waals surface area contributed by atoms with Gasteiger partial charge in [-0.15, -0.1) is 0 Å². The maximum atomic E-state index is 10.2. The van der Waals surface area contributed by atoms with Crippen molar-refractivity contribution in [3.05, 3.63) is 36.8 Å². The third kappa shape index (κ3) is 3.43. The van der Waals surface area contributed by atoms with E-state index in [0.29, 0.717) is 17.5 Å². The van der Waals surface area contributed by atoms with Crippen molar-refractivity contribution < 1.29 is 9.84 Å². The van der Waals surface area contributed by atoms with E-state index >= 15 is 0 Å². The lowest BCUT2D eigenvalue weighted by molar-refractivity contribution is 0.0195. The number of aliphatic hydroxyl groups is 1. The zero-order chi connectivity index (χ0) is 20.7. The minimum Gasteiger partial charge on any atom is -0.480 e. The number of methoxy groups -OCH3 is 1. The van der Waals surface area contributed by atoms with Gasteiger partial charge in [-0.25, -0.2) is 0 Å². The number of nitrogens with zero attached hydrogens (tertiary/aromatic N) is 4. The molecule has 1 saturated carbocycles. The van der Waals surface area contributed by atoms with Crippen LogP contribution < -0.4 is 10.1 Å². The number of nitrogens with one attached hydrogen (secondary N) is 2. The summed E-state index contributed by atoms with van der Waals surface area (Å²) in [6, 6.07) is 6.21. The van der Waals surface area contributed by atoms with Crippen LogP contribution in [0.4, 0.5) is 5.95 Å². The number of fused-ring (bicyclic) bond motifs is 2. The van der Waals surface area contributed by atoms with Crippen molar-refractivity contribution >= 4 is 28.0 Å². The van der Waals surface area contributed by atoms with Gasteiger partial charge >= 0.3 is 0 Å². The fourth-order valence-corrected chi connectivity index (χ4v) is 4.14. The van der Waals surface area contributed by atoms with Gasteiger partial charge in [0, 0.05) is 30.2 Å². The largest absolute Gasteiger partial charge is 0.480 e. The number of hydrogen-bond acceptors (Lipinski definition) is 7. The lowest BCUT2D eigenvalue weighted by atomic mass is 9.84. The van der Waals surface area contributed by atoms with Crippen molar-refractivity contribution in [2.75, 3.05) is 12.4 Å². The highest BCUT2D eigenvalue weighted by Gasteiger charge is 2.29. The molecule has 8 nitrogen and oxygen atoms in total. The minimum absolute atomic E-state index is 0.237. The van der Waals surface area contributed by atoms with Gasteiger partial charge in [-0.05, 0) is 50.3 Å². The topological polar surface area (TPSA) is 109 Å².